The van der Waals surface area contributed by atoms with Crippen LogP contribution in [0.2, 0.25) is 0 Å². The first-order valence-corrected chi connectivity index (χ1v) is 4.36. The fourth-order valence-electron chi connectivity index (χ4n) is 0.597. The lowest BCUT2D eigenvalue weighted by atomic mass is 10.5. The number of aromatic amines is 1. The van der Waals surface area contributed by atoms with E-state index < -0.39 is 0 Å². The van der Waals surface area contributed by atoms with E-state index in [4.69, 9.17) is 17.0 Å². The number of ether oxygens (including phenoxy) is 1. The second kappa shape index (κ2) is 3.85. The molecule has 56 valence electrons. The smallest absolute Gasteiger partial charge is 0.158 e. The number of H-pyrrole nitrogens is 1. The van der Waals surface area contributed by atoms with Crippen LogP contribution in [-0.2, 0) is 11.3 Å². The number of nitrogens with one attached hydrogen (secondary N) is 1. The Morgan fingerprint density at radius 3 is 3.10 bits per heavy atom. The van der Waals surface area contributed by atoms with E-state index in [0.29, 0.717) is 6.61 Å². The summed E-state index contributed by atoms with van der Waals surface area (Å²) in [4.78, 5) is 3.02. The molecule has 1 aromatic rings. The molecular formula is C6H9NOS2. The highest BCUT2D eigenvalue weighted by molar-refractivity contribution is 7.73. The molecule has 0 aliphatic carbocycles. The quantitative estimate of drug-likeness (QED) is 0.713. The van der Waals surface area contributed by atoms with Crippen molar-refractivity contribution in [1.29, 1.82) is 0 Å². The predicted octanol–water partition coefficient (Wildman–Crippen LogP) is 2.34. The molecule has 0 unspecified atom stereocenters. The van der Waals surface area contributed by atoms with Crippen LogP contribution in [0.3, 0.4) is 0 Å². The second-order valence-corrected chi connectivity index (χ2v) is 3.36. The molecule has 0 aliphatic rings. The average Bonchev–Trinajstić information content (AvgIpc) is 2.31. The van der Waals surface area contributed by atoms with Crippen molar-refractivity contribution in [2.24, 2.45) is 0 Å². The van der Waals surface area contributed by atoms with Gasteiger partial charge in [0.25, 0.3) is 0 Å². The van der Waals surface area contributed by atoms with Gasteiger partial charge in [-0.15, -0.1) is 11.3 Å². The van der Waals surface area contributed by atoms with Crippen molar-refractivity contribution in [2.45, 2.75) is 13.5 Å². The first-order valence-electron chi connectivity index (χ1n) is 3.07. The van der Waals surface area contributed by atoms with Gasteiger partial charge in [0.05, 0.1) is 12.3 Å². The molecule has 0 spiro atoms. The maximum Gasteiger partial charge on any atom is 0.158 e. The summed E-state index contributed by atoms with van der Waals surface area (Å²) in [6, 6.07) is 0. The normalized spacial score (nSPS) is 10.1. The van der Waals surface area contributed by atoms with Gasteiger partial charge in [0.1, 0.15) is 0 Å². The molecule has 0 aromatic carbocycles. The Balaban J connectivity index is 2.50. The molecule has 2 nitrogen and oxygen atoms in total. The largest absolute Gasteiger partial charge is 0.376 e. The third kappa shape index (κ3) is 2.21. The molecule has 0 amide bonds. The third-order valence-corrected chi connectivity index (χ3v) is 2.14. The summed E-state index contributed by atoms with van der Waals surface area (Å²) in [5.74, 6) is 0. The van der Waals surface area contributed by atoms with Crippen LogP contribution in [0.15, 0.2) is 5.38 Å². The van der Waals surface area contributed by atoms with Crippen molar-refractivity contribution in [3.05, 3.63) is 15.0 Å². The van der Waals surface area contributed by atoms with Gasteiger partial charge in [-0.2, -0.15) is 0 Å². The maximum atomic E-state index is 5.16. The lowest BCUT2D eigenvalue weighted by Crippen LogP contribution is -1.90. The van der Waals surface area contributed by atoms with Crippen molar-refractivity contribution >= 4 is 23.6 Å². The van der Waals surface area contributed by atoms with Crippen molar-refractivity contribution in [3.8, 4) is 0 Å². The van der Waals surface area contributed by atoms with Gasteiger partial charge in [-0.3, -0.25) is 0 Å². The van der Waals surface area contributed by atoms with Gasteiger partial charge in [0.2, 0.25) is 0 Å². The number of hydrogen-bond acceptors (Lipinski definition) is 3. The summed E-state index contributed by atoms with van der Waals surface area (Å²) in [6.45, 7) is 3.36. The first-order chi connectivity index (χ1) is 4.83. The molecule has 0 bridgehead atoms. The minimum atomic E-state index is 0.642. The van der Waals surface area contributed by atoms with Crippen LogP contribution in [0.1, 0.15) is 12.6 Å². The van der Waals surface area contributed by atoms with Crippen LogP contribution in [0.5, 0.6) is 0 Å². The number of thiazole rings is 1. The molecule has 1 aromatic heterocycles. The molecule has 1 rings (SSSR count). The van der Waals surface area contributed by atoms with Gasteiger partial charge >= 0.3 is 0 Å². The molecule has 0 fully saturated rings. The predicted molar refractivity (Wildman–Crippen MR) is 44.8 cm³/mol. The van der Waals surface area contributed by atoms with E-state index in [-0.39, 0.29) is 0 Å². The molecule has 0 atom stereocenters. The van der Waals surface area contributed by atoms with Gasteiger partial charge in [0.15, 0.2) is 3.95 Å². The molecule has 0 radical (unpaired) electrons. The highest BCUT2D eigenvalue weighted by Gasteiger charge is 1.91. The molecule has 0 aliphatic heterocycles. The molecule has 4 heteroatoms. The van der Waals surface area contributed by atoms with Crippen LogP contribution in [0, 0.1) is 3.95 Å². The van der Waals surface area contributed by atoms with E-state index in [2.05, 4.69) is 4.98 Å². The standard InChI is InChI=1S/C6H9NOS2/c1-2-8-3-5-4-10-6(9)7-5/h4H,2-3H2,1H3,(H,7,9). The molecule has 0 saturated carbocycles. The van der Waals surface area contributed by atoms with Crippen LogP contribution in [0.4, 0.5) is 0 Å². The van der Waals surface area contributed by atoms with Gasteiger partial charge in [-0.1, -0.05) is 0 Å². The summed E-state index contributed by atoms with van der Waals surface area (Å²) in [5, 5.41) is 1.98. The fraction of sp³-hybridized carbons (Fsp3) is 0.500. The van der Waals surface area contributed by atoms with E-state index >= 15 is 0 Å². The van der Waals surface area contributed by atoms with Crippen LogP contribution >= 0.6 is 23.6 Å². The molecule has 1 N–H and O–H groups in total. The molecular weight excluding hydrogens is 166 g/mol. The second-order valence-electron chi connectivity index (χ2n) is 1.81. The molecule has 0 saturated heterocycles. The average molecular weight is 175 g/mol. The number of aromatic nitrogens is 1. The Morgan fingerprint density at radius 2 is 2.60 bits per heavy atom. The third-order valence-electron chi connectivity index (χ3n) is 1.03. The highest BCUT2D eigenvalue weighted by Crippen LogP contribution is 2.04. The lowest BCUT2D eigenvalue weighted by molar-refractivity contribution is 0.131. The van der Waals surface area contributed by atoms with Gasteiger partial charge in [-0.25, -0.2) is 0 Å². The van der Waals surface area contributed by atoms with Gasteiger partial charge in [0, 0.05) is 12.0 Å². The molecule has 10 heavy (non-hydrogen) atoms. The van der Waals surface area contributed by atoms with E-state index in [1.54, 1.807) is 0 Å². The summed E-state index contributed by atoms with van der Waals surface area (Å²) >= 11 is 6.42. The Bertz CT molecular complexity index is 240. The Kier molecular flexibility index (Phi) is 3.05. The van der Waals surface area contributed by atoms with E-state index in [0.717, 1.165) is 16.3 Å². The Hall–Kier alpha value is -0.190. The maximum absolute atomic E-state index is 5.16. The van der Waals surface area contributed by atoms with E-state index in [9.17, 15) is 0 Å². The van der Waals surface area contributed by atoms with E-state index in [1.165, 1.54) is 11.3 Å². The minimum Gasteiger partial charge on any atom is -0.376 e. The summed E-state index contributed by atoms with van der Waals surface area (Å²) in [6.07, 6.45) is 0. The number of rotatable bonds is 3. The number of hydrogen-bond donors (Lipinski definition) is 1. The first kappa shape index (κ1) is 7.91. The van der Waals surface area contributed by atoms with Crippen molar-refractivity contribution in [1.82, 2.24) is 4.98 Å². The Labute approximate surface area is 68.9 Å². The van der Waals surface area contributed by atoms with Crippen LogP contribution in [0.25, 0.3) is 0 Å². The SMILES string of the molecule is CCOCc1csc(=S)[nH]1. The van der Waals surface area contributed by atoms with Crippen LogP contribution in [-0.4, -0.2) is 11.6 Å². The summed E-state index contributed by atoms with van der Waals surface area (Å²) in [5.41, 5.74) is 1.07. The zero-order valence-corrected chi connectivity index (χ0v) is 7.35. The fourth-order valence-corrected chi connectivity index (χ4v) is 1.44. The zero-order valence-electron chi connectivity index (χ0n) is 5.72. The van der Waals surface area contributed by atoms with Gasteiger partial charge < -0.3 is 9.72 Å². The zero-order chi connectivity index (χ0) is 7.40. The van der Waals surface area contributed by atoms with Crippen molar-refractivity contribution < 1.29 is 4.74 Å². The lowest BCUT2D eigenvalue weighted by Gasteiger charge is -1.94. The van der Waals surface area contributed by atoms with Gasteiger partial charge in [-0.05, 0) is 19.1 Å². The monoisotopic (exact) mass is 175 g/mol. The molecule has 1 heterocycles. The van der Waals surface area contributed by atoms with Crippen molar-refractivity contribution in [2.75, 3.05) is 6.61 Å². The minimum absolute atomic E-state index is 0.642. The summed E-state index contributed by atoms with van der Waals surface area (Å²) in [7, 11) is 0. The Morgan fingerprint density at radius 1 is 1.80 bits per heavy atom. The topological polar surface area (TPSA) is 25.0 Å². The van der Waals surface area contributed by atoms with E-state index in [1.807, 2.05) is 12.3 Å². The summed E-state index contributed by atoms with van der Waals surface area (Å²) < 4.78 is 5.98. The van der Waals surface area contributed by atoms with Crippen molar-refractivity contribution in [3.63, 3.8) is 0 Å². The van der Waals surface area contributed by atoms with Crippen LogP contribution < -0.4 is 0 Å². The highest BCUT2D eigenvalue weighted by atomic mass is 32.1.